The average molecular weight is 325 g/mol. The van der Waals surface area contributed by atoms with Crippen molar-refractivity contribution < 1.29 is 34.8 Å². The van der Waals surface area contributed by atoms with E-state index in [0.29, 0.717) is 0 Å². The first-order valence-corrected chi connectivity index (χ1v) is 3.17. The Kier molecular flexibility index (Phi) is 8.21. The van der Waals surface area contributed by atoms with E-state index in [2.05, 4.69) is 0 Å². The Labute approximate surface area is 138 Å². The van der Waals surface area contributed by atoms with Crippen molar-refractivity contribution in [1.29, 1.82) is 0 Å². The second-order valence-corrected chi connectivity index (χ2v) is 2.48. The second kappa shape index (κ2) is 6.82. The topological polar surface area (TPSA) is 132 Å². The smallest absolute Gasteiger partial charge is 0.336 e. The minimum absolute atomic E-state index is 0. The van der Waals surface area contributed by atoms with E-state index in [-0.39, 0.29) is 68.9 Å². The van der Waals surface area contributed by atoms with Crippen LogP contribution in [0, 0.1) is 0 Å². The van der Waals surface area contributed by atoms with Crippen molar-refractivity contribution in [3.05, 3.63) is 0 Å². The molecule has 0 bridgehead atoms. The molecule has 0 aliphatic carbocycles. The second-order valence-electron chi connectivity index (χ2n) is 2.48. The fourth-order valence-corrected chi connectivity index (χ4v) is 0.714. The standard InChI is InChI=1S/C6H8O7.Cs/c7-3(8)1-6(13,5(11)12)2-4(9)10;/h13H,1-2H2,(H,7,8)(H,9,10)(H,11,12);. The van der Waals surface area contributed by atoms with Crippen LogP contribution in [-0.2, 0) is 14.4 Å². The van der Waals surface area contributed by atoms with Crippen LogP contribution >= 0.6 is 0 Å². The number of carboxylic acid groups (broad SMARTS) is 3. The van der Waals surface area contributed by atoms with E-state index in [0.717, 1.165) is 0 Å². The monoisotopic (exact) mass is 325 g/mol. The third-order valence-corrected chi connectivity index (χ3v) is 1.29. The third kappa shape index (κ3) is 6.01. The van der Waals surface area contributed by atoms with Gasteiger partial charge in [0.2, 0.25) is 0 Å². The maximum Gasteiger partial charge on any atom is 0.336 e. The molecule has 0 rings (SSSR count). The molecule has 0 aromatic heterocycles. The van der Waals surface area contributed by atoms with Crippen molar-refractivity contribution in [3.63, 3.8) is 0 Å². The molecule has 7 nitrogen and oxygen atoms in total. The third-order valence-electron chi connectivity index (χ3n) is 1.29. The van der Waals surface area contributed by atoms with E-state index in [4.69, 9.17) is 20.4 Å². The van der Waals surface area contributed by atoms with E-state index in [1.165, 1.54) is 0 Å². The van der Waals surface area contributed by atoms with Crippen molar-refractivity contribution in [3.8, 4) is 0 Å². The molecule has 0 atom stereocenters. The first-order chi connectivity index (χ1) is 5.78. The Morgan fingerprint density at radius 2 is 1.21 bits per heavy atom. The summed E-state index contributed by atoms with van der Waals surface area (Å²) in [5.74, 6) is -5.02. The SMILES string of the molecule is O=C(O)CC(O)(CC(=O)O)C(=O)O.[Cs]. The number of rotatable bonds is 5. The van der Waals surface area contributed by atoms with Gasteiger partial charge in [-0.1, -0.05) is 0 Å². The molecule has 0 aromatic carbocycles. The summed E-state index contributed by atoms with van der Waals surface area (Å²) in [5, 5.41) is 33.8. The number of hydrogen-bond acceptors (Lipinski definition) is 4. The molecular weight excluding hydrogens is 317 g/mol. The molecule has 0 saturated carbocycles. The molecule has 0 aromatic rings. The van der Waals surface area contributed by atoms with Crippen LogP contribution in [0.2, 0.25) is 0 Å². The molecule has 0 spiro atoms. The molecule has 8 heteroatoms. The van der Waals surface area contributed by atoms with Crippen LogP contribution in [0.15, 0.2) is 0 Å². The fraction of sp³-hybridized carbons (Fsp3) is 0.500. The fourth-order valence-electron chi connectivity index (χ4n) is 0.714. The van der Waals surface area contributed by atoms with Gasteiger partial charge in [0.25, 0.3) is 0 Å². The van der Waals surface area contributed by atoms with Crippen LogP contribution < -0.4 is 0 Å². The van der Waals surface area contributed by atoms with E-state index in [1.807, 2.05) is 0 Å². The van der Waals surface area contributed by atoms with E-state index < -0.39 is 36.4 Å². The van der Waals surface area contributed by atoms with Gasteiger partial charge < -0.3 is 20.4 Å². The quantitative estimate of drug-likeness (QED) is 0.477. The summed E-state index contributed by atoms with van der Waals surface area (Å²) >= 11 is 0. The number of carboxylic acids is 3. The summed E-state index contributed by atoms with van der Waals surface area (Å²) in [6.45, 7) is 0. The van der Waals surface area contributed by atoms with Crippen molar-refractivity contribution in [2.75, 3.05) is 0 Å². The Morgan fingerprint density at radius 3 is 1.36 bits per heavy atom. The predicted octanol–water partition coefficient (Wildman–Crippen LogP) is -1.63. The molecule has 0 unspecified atom stereocenters. The van der Waals surface area contributed by atoms with Gasteiger partial charge in [0.1, 0.15) is 0 Å². The molecule has 0 fully saturated rings. The molecule has 0 aliphatic heterocycles. The summed E-state index contributed by atoms with van der Waals surface area (Å²) in [6.07, 6.45) is -2.29. The van der Waals surface area contributed by atoms with Gasteiger partial charge in [-0.25, -0.2) is 4.79 Å². The number of carbonyl (C=O) groups is 3. The zero-order valence-electron chi connectivity index (χ0n) is 7.43. The number of aliphatic carboxylic acids is 3. The normalized spacial score (nSPS) is 10.1. The first-order valence-electron chi connectivity index (χ1n) is 3.17. The first kappa shape index (κ1) is 16.8. The van der Waals surface area contributed by atoms with E-state index in [1.54, 1.807) is 0 Å². The van der Waals surface area contributed by atoms with Gasteiger partial charge >= 0.3 is 17.9 Å². The van der Waals surface area contributed by atoms with Crippen molar-refractivity contribution in [1.82, 2.24) is 0 Å². The van der Waals surface area contributed by atoms with Gasteiger partial charge in [-0.2, -0.15) is 0 Å². The average Bonchev–Trinajstić information content (AvgIpc) is 1.82. The van der Waals surface area contributed by atoms with Crippen molar-refractivity contribution in [2.45, 2.75) is 18.4 Å². The Bertz CT molecular complexity index is 233. The molecule has 75 valence electrons. The van der Waals surface area contributed by atoms with Gasteiger partial charge in [0.05, 0.1) is 12.8 Å². The predicted molar refractivity (Wildman–Crippen MR) is 42.8 cm³/mol. The summed E-state index contributed by atoms with van der Waals surface area (Å²) < 4.78 is 0. The minimum Gasteiger partial charge on any atom is -0.481 e. The molecule has 0 heterocycles. The van der Waals surface area contributed by atoms with Crippen LogP contribution in [0.5, 0.6) is 0 Å². The summed E-state index contributed by atoms with van der Waals surface area (Å²) in [5.41, 5.74) is -2.74. The minimum atomic E-state index is -2.74. The van der Waals surface area contributed by atoms with Gasteiger partial charge in [-0.3, -0.25) is 9.59 Å². The van der Waals surface area contributed by atoms with Crippen LogP contribution in [-0.4, -0.2) is 113 Å². The van der Waals surface area contributed by atoms with Gasteiger partial charge in [-0.15, -0.1) is 0 Å². The molecule has 1 radical (unpaired) electrons. The summed E-state index contributed by atoms with van der Waals surface area (Å²) in [4.78, 5) is 30.5. The molecule has 0 amide bonds. The number of aliphatic hydroxyl groups is 1. The molecule has 0 aliphatic rings. The zero-order chi connectivity index (χ0) is 10.6. The maximum absolute atomic E-state index is 10.3. The maximum atomic E-state index is 10.3. The molecular formula is C6H8CsO7. The van der Waals surface area contributed by atoms with Crippen molar-refractivity contribution >= 4 is 86.8 Å². The zero-order valence-corrected chi connectivity index (χ0v) is 13.7. The van der Waals surface area contributed by atoms with E-state index in [9.17, 15) is 14.4 Å². The Hall–Kier alpha value is 0.422. The molecule has 0 saturated heterocycles. The van der Waals surface area contributed by atoms with Crippen LogP contribution in [0.25, 0.3) is 0 Å². The summed E-state index contributed by atoms with van der Waals surface area (Å²) in [7, 11) is 0. The molecule has 14 heavy (non-hydrogen) atoms. The van der Waals surface area contributed by atoms with Crippen LogP contribution in [0.3, 0.4) is 0 Å². The van der Waals surface area contributed by atoms with Gasteiger partial charge in [-0.05, 0) is 0 Å². The number of hydrogen-bond donors (Lipinski definition) is 4. The Balaban J connectivity index is 0. The molecule has 4 N–H and O–H groups in total. The summed E-state index contributed by atoms with van der Waals surface area (Å²) in [6, 6.07) is 0. The van der Waals surface area contributed by atoms with Gasteiger partial charge in [0.15, 0.2) is 5.60 Å². The van der Waals surface area contributed by atoms with E-state index >= 15 is 0 Å². The van der Waals surface area contributed by atoms with Crippen LogP contribution in [0.1, 0.15) is 12.8 Å². The Morgan fingerprint density at radius 1 is 0.929 bits per heavy atom. The van der Waals surface area contributed by atoms with Crippen molar-refractivity contribution in [2.24, 2.45) is 0 Å². The largest absolute Gasteiger partial charge is 0.481 e. The van der Waals surface area contributed by atoms with Gasteiger partial charge in [0, 0.05) is 68.9 Å². The van der Waals surface area contributed by atoms with Crippen LogP contribution in [0.4, 0.5) is 0 Å².